The first kappa shape index (κ1) is 19.0. The largest absolute Gasteiger partial charge is 0.491 e. The summed E-state index contributed by atoms with van der Waals surface area (Å²) in [6.45, 7) is 7.61. The lowest BCUT2D eigenvalue weighted by Gasteiger charge is -2.19. The second-order valence-electron chi connectivity index (χ2n) is 6.65. The Balaban J connectivity index is 1.90. The molecule has 25 heavy (non-hydrogen) atoms. The Labute approximate surface area is 148 Å². The number of nitrogens with zero attached hydrogens (tertiary/aromatic N) is 1. The molecular formula is C19H26N2O4. The number of ether oxygens (including phenoxy) is 1. The van der Waals surface area contributed by atoms with Crippen LogP contribution < -0.4 is 10.1 Å². The van der Waals surface area contributed by atoms with E-state index >= 15 is 0 Å². The number of nitrogens with one attached hydrogen (secondary N) is 1. The van der Waals surface area contributed by atoms with Crippen molar-refractivity contribution in [2.75, 3.05) is 13.2 Å². The van der Waals surface area contributed by atoms with Crippen LogP contribution in [0, 0.1) is 5.92 Å². The lowest BCUT2D eigenvalue weighted by molar-refractivity contribution is -0.128. The van der Waals surface area contributed by atoms with Gasteiger partial charge in [0.15, 0.2) is 0 Å². The van der Waals surface area contributed by atoms with Crippen LogP contribution in [-0.4, -0.2) is 47.2 Å². The van der Waals surface area contributed by atoms with Gasteiger partial charge in [0.05, 0.1) is 6.54 Å². The van der Waals surface area contributed by atoms with E-state index in [9.17, 15) is 14.7 Å². The van der Waals surface area contributed by atoms with E-state index in [0.29, 0.717) is 24.5 Å². The Hall–Kier alpha value is -2.34. The van der Waals surface area contributed by atoms with Crippen molar-refractivity contribution in [2.24, 2.45) is 5.92 Å². The van der Waals surface area contributed by atoms with Gasteiger partial charge in [-0.1, -0.05) is 38.1 Å². The molecule has 2 atom stereocenters. The van der Waals surface area contributed by atoms with Crippen molar-refractivity contribution in [2.45, 2.75) is 38.8 Å². The first-order valence-corrected chi connectivity index (χ1v) is 8.54. The van der Waals surface area contributed by atoms with E-state index in [1.807, 2.05) is 38.1 Å². The molecule has 2 unspecified atom stereocenters. The van der Waals surface area contributed by atoms with Crippen LogP contribution in [0.4, 0.5) is 4.79 Å². The number of rotatable bonds is 9. The summed E-state index contributed by atoms with van der Waals surface area (Å²) in [5.74, 6) is 0.671. The summed E-state index contributed by atoms with van der Waals surface area (Å²) in [6.07, 6.45) is 2.07. The number of aliphatic hydroxyl groups excluding tert-OH is 1. The molecule has 0 aliphatic carbocycles. The normalized spacial score (nSPS) is 18.4. The van der Waals surface area contributed by atoms with Crippen molar-refractivity contribution in [1.29, 1.82) is 0 Å². The molecule has 0 saturated carbocycles. The molecule has 2 N–H and O–H groups in total. The van der Waals surface area contributed by atoms with Gasteiger partial charge in [-0.25, -0.2) is 4.79 Å². The number of imide groups is 1. The fourth-order valence-electron chi connectivity index (χ4n) is 2.80. The van der Waals surface area contributed by atoms with Crippen LogP contribution in [0.2, 0.25) is 0 Å². The molecule has 1 aromatic carbocycles. The van der Waals surface area contributed by atoms with Crippen LogP contribution in [0.1, 0.15) is 25.8 Å². The molecule has 6 nitrogen and oxygen atoms in total. The fraction of sp³-hybridized carbons (Fsp3) is 0.474. The third-order valence-electron chi connectivity index (χ3n) is 3.98. The average Bonchev–Trinajstić information content (AvgIpc) is 2.81. The predicted octanol–water partition coefficient (Wildman–Crippen LogP) is 2.12. The molecule has 0 radical (unpaired) electrons. The highest BCUT2D eigenvalue weighted by Crippen LogP contribution is 2.19. The van der Waals surface area contributed by atoms with Crippen LogP contribution in [-0.2, 0) is 11.2 Å². The molecule has 0 bridgehead atoms. The SMILES string of the molecule is C=CCc1ccccc1OCC(O)CN1C(=O)NC(CC(C)C)C1=O. The van der Waals surface area contributed by atoms with E-state index in [1.165, 1.54) is 0 Å². The van der Waals surface area contributed by atoms with Gasteiger partial charge in [0.25, 0.3) is 5.91 Å². The minimum Gasteiger partial charge on any atom is -0.491 e. The molecular weight excluding hydrogens is 320 g/mol. The van der Waals surface area contributed by atoms with Gasteiger partial charge in [-0.05, 0) is 30.4 Å². The number of carbonyl (C=O) groups excluding carboxylic acids is 2. The number of allylic oxidation sites excluding steroid dienone is 1. The van der Waals surface area contributed by atoms with Crippen LogP contribution in [0.3, 0.4) is 0 Å². The molecule has 0 spiro atoms. The number of urea groups is 1. The van der Waals surface area contributed by atoms with Crippen molar-refractivity contribution in [3.05, 3.63) is 42.5 Å². The smallest absolute Gasteiger partial charge is 0.324 e. The highest BCUT2D eigenvalue weighted by Gasteiger charge is 2.38. The zero-order valence-corrected chi connectivity index (χ0v) is 14.8. The molecule has 6 heteroatoms. The Morgan fingerprint density at radius 2 is 2.08 bits per heavy atom. The van der Waals surface area contributed by atoms with Crippen LogP contribution in [0.15, 0.2) is 36.9 Å². The summed E-state index contributed by atoms with van der Waals surface area (Å²) >= 11 is 0. The Morgan fingerprint density at radius 1 is 1.36 bits per heavy atom. The maximum absolute atomic E-state index is 12.3. The highest BCUT2D eigenvalue weighted by atomic mass is 16.5. The second kappa shape index (κ2) is 8.67. The third kappa shape index (κ3) is 5.06. The van der Waals surface area contributed by atoms with Crippen LogP contribution in [0.5, 0.6) is 5.75 Å². The summed E-state index contributed by atoms with van der Waals surface area (Å²) in [5.41, 5.74) is 0.969. The molecule has 0 aromatic heterocycles. The standard InChI is InChI=1S/C19H26N2O4/c1-4-7-14-8-5-6-9-17(14)25-12-15(22)11-21-18(23)16(10-13(2)3)20-19(21)24/h4-6,8-9,13,15-16,22H,1,7,10-12H2,2-3H3,(H,20,24). The van der Waals surface area contributed by atoms with Crippen molar-refractivity contribution < 1.29 is 19.4 Å². The Bertz CT molecular complexity index is 630. The summed E-state index contributed by atoms with van der Waals surface area (Å²) < 4.78 is 5.66. The molecule has 1 aliphatic heterocycles. The molecule has 136 valence electrons. The minimum atomic E-state index is -0.954. The molecule has 3 amide bonds. The summed E-state index contributed by atoms with van der Waals surface area (Å²) in [7, 11) is 0. The number of β-amino-alcohol motifs (C(OH)–C–C–N with tert-alkyl or cyclic N) is 1. The molecule has 1 aliphatic rings. The van der Waals surface area contributed by atoms with E-state index in [-0.39, 0.29) is 19.1 Å². The zero-order valence-electron chi connectivity index (χ0n) is 14.8. The van der Waals surface area contributed by atoms with Gasteiger partial charge in [-0.15, -0.1) is 6.58 Å². The topological polar surface area (TPSA) is 78.9 Å². The second-order valence-corrected chi connectivity index (χ2v) is 6.65. The van der Waals surface area contributed by atoms with Gasteiger partial charge in [0.1, 0.15) is 24.5 Å². The van der Waals surface area contributed by atoms with E-state index in [1.54, 1.807) is 6.08 Å². The van der Waals surface area contributed by atoms with Gasteiger partial charge in [0.2, 0.25) is 0 Å². The van der Waals surface area contributed by atoms with E-state index < -0.39 is 18.2 Å². The fourth-order valence-corrected chi connectivity index (χ4v) is 2.80. The molecule has 1 fully saturated rings. The van der Waals surface area contributed by atoms with Crippen molar-refractivity contribution >= 4 is 11.9 Å². The van der Waals surface area contributed by atoms with E-state index in [0.717, 1.165) is 10.5 Å². The molecule has 2 rings (SSSR count). The number of hydrogen-bond acceptors (Lipinski definition) is 4. The van der Waals surface area contributed by atoms with Crippen LogP contribution in [0.25, 0.3) is 0 Å². The number of hydrogen-bond donors (Lipinski definition) is 2. The Morgan fingerprint density at radius 3 is 2.76 bits per heavy atom. The maximum atomic E-state index is 12.3. The number of carbonyl (C=O) groups is 2. The van der Waals surface area contributed by atoms with Gasteiger partial charge < -0.3 is 15.2 Å². The lowest BCUT2D eigenvalue weighted by Crippen LogP contribution is -2.40. The number of benzene rings is 1. The minimum absolute atomic E-state index is 0.0000629. The highest BCUT2D eigenvalue weighted by molar-refractivity contribution is 6.04. The van der Waals surface area contributed by atoms with Gasteiger partial charge >= 0.3 is 6.03 Å². The van der Waals surface area contributed by atoms with Crippen molar-refractivity contribution in [3.8, 4) is 5.75 Å². The summed E-state index contributed by atoms with van der Waals surface area (Å²) in [5, 5.41) is 12.8. The number of para-hydroxylation sites is 1. The zero-order chi connectivity index (χ0) is 18.4. The van der Waals surface area contributed by atoms with Gasteiger partial charge in [-0.2, -0.15) is 0 Å². The first-order chi connectivity index (χ1) is 11.9. The third-order valence-corrected chi connectivity index (χ3v) is 3.98. The van der Waals surface area contributed by atoms with Gasteiger partial charge in [0, 0.05) is 0 Å². The monoisotopic (exact) mass is 346 g/mol. The van der Waals surface area contributed by atoms with Crippen molar-refractivity contribution in [3.63, 3.8) is 0 Å². The average molecular weight is 346 g/mol. The summed E-state index contributed by atoms with van der Waals surface area (Å²) in [6, 6.07) is 6.54. The van der Waals surface area contributed by atoms with Crippen molar-refractivity contribution in [1.82, 2.24) is 10.2 Å². The lowest BCUT2D eigenvalue weighted by atomic mass is 10.0. The van der Waals surface area contributed by atoms with E-state index in [4.69, 9.17) is 4.74 Å². The number of amides is 3. The molecule has 1 aromatic rings. The number of aliphatic hydroxyl groups is 1. The molecule has 1 heterocycles. The van der Waals surface area contributed by atoms with Gasteiger partial charge in [-0.3, -0.25) is 9.69 Å². The predicted molar refractivity (Wildman–Crippen MR) is 95.3 cm³/mol. The Kier molecular flexibility index (Phi) is 6.58. The summed E-state index contributed by atoms with van der Waals surface area (Å²) in [4.78, 5) is 25.3. The quantitative estimate of drug-likeness (QED) is 0.530. The van der Waals surface area contributed by atoms with Crippen LogP contribution >= 0.6 is 0 Å². The maximum Gasteiger partial charge on any atom is 0.324 e. The first-order valence-electron chi connectivity index (χ1n) is 8.54. The molecule has 1 saturated heterocycles. The van der Waals surface area contributed by atoms with E-state index in [2.05, 4.69) is 11.9 Å².